The fourth-order valence-corrected chi connectivity index (χ4v) is 3.82. The van der Waals surface area contributed by atoms with Gasteiger partial charge >= 0.3 is 0 Å². The second-order valence-electron chi connectivity index (χ2n) is 7.93. The number of benzene rings is 2. The zero-order valence-electron chi connectivity index (χ0n) is 18.9. The maximum atomic E-state index is 13.6. The Hall–Kier alpha value is -4.48. The average Bonchev–Trinajstić information content (AvgIpc) is 2.88. The Morgan fingerprint density at radius 2 is 2.06 bits per heavy atom. The number of carbonyl (C=O) groups is 1. The monoisotopic (exact) mass is 469 g/mol. The lowest BCUT2D eigenvalue weighted by Crippen LogP contribution is -2.32. The Labute approximate surface area is 203 Å². The van der Waals surface area contributed by atoms with Gasteiger partial charge in [0, 0.05) is 12.1 Å². The number of aromatic nitrogens is 1. The minimum absolute atomic E-state index is 0.138. The Bertz CT molecular complexity index is 1310. The highest BCUT2D eigenvalue weighted by molar-refractivity contribution is 5.84. The third-order valence-corrected chi connectivity index (χ3v) is 5.60. The molecule has 0 aliphatic carbocycles. The van der Waals surface area contributed by atoms with E-state index in [1.165, 1.54) is 17.0 Å². The molecule has 176 valence electrons. The summed E-state index contributed by atoms with van der Waals surface area (Å²) < 4.78 is 13.6. The number of nitrogens with one attached hydrogen (secondary N) is 1. The number of hydrogen-bond acceptors (Lipinski definition) is 6. The first-order valence-corrected chi connectivity index (χ1v) is 11.1. The number of rotatable bonds is 9. The zero-order valence-corrected chi connectivity index (χ0v) is 18.9. The van der Waals surface area contributed by atoms with Gasteiger partial charge in [-0.2, -0.15) is 5.26 Å². The van der Waals surface area contributed by atoms with Crippen LogP contribution in [0.4, 0.5) is 15.9 Å². The normalized spacial score (nSPS) is 12.6. The SMILES string of the molecule is N#Cc1ccccc1-c1ccc(N(C=O)CC2=CC=CCN2O)c(NCCc2cccc(F)c2)n1. The zero-order chi connectivity index (χ0) is 24.6. The van der Waals surface area contributed by atoms with Gasteiger partial charge in [0.2, 0.25) is 6.41 Å². The number of nitriles is 1. The van der Waals surface area contributed by atoms with Crippen molar-refractivity contribution in [3.05, 3.63) is 102 Å². The molecule has 0 unspecified atom stereocenters. The fourth-order valence-electron chi connectivity index (χ4n) is 3.82. The van der Waals surface area contributed by atoms with Gasteiger partial charge in [-0.05, 0) is 48.4 Å². The summed E-state index contributed by atoms with van der Waals surface area (Å²) >= 11 is 0. The molecule has 0 radical (unpaired) electrons. The first-order valence-electron chi connectivity index (χ1n) is 11.1. The topological polar surface area (TPSA) is 92.5 Å². The Morgan fingerprint density at radius 3 is 2.83 bits per heavy atom. The number of hydroxylamine groups is 2. The number of amides is 1. The summed E-state index contributed by atoms with van der Waals surface area (Å²) in [5.41, 5.74) is 3.64. The summed E-state index contributed by atoms with van der Waals surface area (Å²) in [6.07, 6.45) is 6.59. The van der Waals surface area contributed by atoms with E-state index >= 15 is 0 Å². The van der Waals surface area contributed by atoms with Crippen LogP contribution in [0.15, 0.2) is 84.6 Å². The molecule has 0 atom stereocenters. The molecule has 1 aliphatic rings. The molecule has 8 heteroatoms. The van der Waals surface area contributed by atoms with Crippen LogP contribution >= 0.6 is 0 Å². The van der Waals surface area contributed by atoms with Crippen LogP contribution in [0.25, 0.3) is 11.3 Å². The van der Waals surface area contributed by atoms with E-state index in [0.717, 1.165) is 10.6 Å². The minimum atomic E-state index is -0.299. The van der Waals surface area contributed by atoms with Crippen LogP contribution in [0, 0.1) is 17.1 Å². The van der Waals surface area contributed by atoms with Crippen LogP contribution in [0.5, 0.6) is 0 Å². The predicted octanol–water partition coefficient (Wildman–Crippen LogP) is 4.52. The Balaban J connectivity index is 1.65. The van der Waals surface area contributed by atoms with Crippen LogP contribution in [0.3, 0.4) is 0 Å². The molecule has 7 nitrogen and oxygen atoms in total. The lowest BCUT2D eigenvalue weighted by atomic mass is 10.0. The summed E-state index contributed by atoms with van der Waals surface area (Å²) in [5.74, 6) is 0.141. The van der Waals surface area contributed by atoms with E-state index in [4.69, 9.17) is 4.98 Å². The van der Waals surface area contributed by atoms with Gasteiger partial charge in [-0.3, -0.25) is 15.1 Å². The molecule has 1 amide bonds. The maximum absolute atomic E-state index is 13.6. The van der Waals surface area contributed by atoms with Crippen molar-refractivity contribution in [3.8, 4) is 17.3 Å². The number of anilines is 2. The van der Waals surface area contributed by atoms with E-state index in [2.05, 4.69) is 11.4 Å². The minimum Gasteiger partial charge on any atom is -0.368 e. The van der Waals surface area contributed by atoms with Gasteiger partial charge in [-0.25, -0.2) is 9.37 Å². The lowest BCUT2D eigenvalue weighted by molar-refractivity contribution is -0.107. The van der Waals surface area contributed by atoms with Gasteiger partial charge in [0.1, 0.15) is 5.82 Å². The molecule has 0 fully saturated rings. The molecule has 0 bridgehead atoms. The van der Waals surface area contributed by atoms with Gasteiger partial charge in [0.25, 0.3) is 0 Å². The summed E-state index contributed by atoms with van der Waals surface area (Å²) in [7, 11) is 0. The van der Waals surface area contributed by atoms with Crippen molar-refractivity contribution in [2.75, 3.05) is 29.9 Å². The summed E-state index contributed by atoms with van der Waals surface area (Å²) in [4.78, 5) is 18.3. The highest BCUT2D eigenvalue weighted by atomic mass is 19.1. The molecular weight excluding hydrogens is 445 g/mol. The van der Waals surface area contributed by atoms with Crippen molar-refractivity contribution < 1.29 is 14.4 Å². The fraction of sp³-hybridized carbons (Fsp3) is 0.148. The smallest absolute Gasteiger partial charge is 0.214 e. The molecule has 35 heavy (non-hydrogen) atoms. The van der Waals surface area contributed by atoms with E-state index < -0.39 is 0 Å². The van der Waals surface area contributed by atoms with Crippen molar-refractivity contribution in [2.24, 2.45) is 0 Å². The molecular formula is C27H24FN5O2. The highest BCUT2D eigenvalue weighted by Crippen LogP contribution is 2.30. The summed E-state index contributed by atoms with van der Waals surface area (Å²) in [5, 5.41) is 24.0. The number of allylic oxidation sites excluding steroid dienone is 2. The molecule has 4 rings (SSSR count). The number of carbonyl (C=O) groups excluding carboxylic acids is 1. The molecule has 1 aliphatic heterocycles. The van der Waals surface area contributed by atoms with E-state index in [9.17, 15) is 19.7 Å². The highest BCUT2D eigenvalue weighted by Gasteiger charge is 2.18. The summed E-state index contributed by atoms with van der Waals surface area (Å²) in [6, 6.07) is 19.2. The summed E-state index contributed by atoms with van der Waals surface area (Å²) in [6.45, 7) is 0.912. The van der Waals surface area contributed by atoms with Crippen LogP contribution in [0.2, 0.25) is 0 Å². The first kappa shape index (κ1) is 23.7. The molecule has 0 saturated carbocycles. The molecule has 3 aromatic rings. The molecule has 2 aromatic carbocycles. The van der Waals surface area contributed by atoms with Crippen molar-refractivity contribution in [2.45, 2.75) is 6.42 Å². The Kier molecular flexibility index (Phi) is 7.50. The predicted molar refractivity (Wildman–Crippen MR) is 132 cm³/mol. The quantitative estimate of drug-likeness (QED) is 0.448. The molecule has 0 saturated heterocycles. The van der Waals surface area contributed by atoms with Gasteiger partial charge in [0.15, 0.2) is 5.82 Å². The second kappa shape index (κ2) is 11.1. The van der Waals surface area contributed by atoms with E-state index in [0.29, 0.717) is 59.9 Å². The first-order chi connectivity index (χ1) is 17.1. The Morgan fingerprint density at radius 1 is 1.20 bits per heavy atom. The van der Waals surface area contributed by atoms with E-state index in [1.54, 1.807) is 42.5 Å². The van der Waals surface area contributed by atoms with Gasteiger partial charge in [0.05, 0.1) is 41.8 Å². The van der Waals surface area contributed by atoms with E-state index in [-0.39, 0.29) is 12.4 Å². The second-order valence-corrected chi connectivity index (χ2v) is 7.93. The number of pyridine rings is 1. The van der Waals surface area contributed by atoms with Crippen molar-refractivity contribution in [3.63, 3.8) is 0 Å². The third kappa shape index (κ3) is 5.72. The van der Waals surface area contributed by atoms with Crippen LogP contribution in [-0.2, 0) is 11.2 Å². The van der Waals surface area contributed by atoms with Gasteiger partial charge < -0.3 is 10.2 Å². The number of nitrogens with zero attached hydrogens (tertiary/aromatic N) is 4. The van der Waals surface area contributed by atoms with Crippen molar-refractivity contribution >= 4 is 17.9 Å². The number of halogens is 1. The van der Waals surface area contributed by atoms with Crippen LogP contribution in [0.1, 0.15) is 11.1 Å². The van der Waals surface area contributed by atoms with Crippen LogP contribution in [-0.4, -0.2) is 41.3 Å². The van der Waals surface area contributed by atoms with Gasteiger partial charge in [-0.15, -0.1) is 0 Å². The largest absolute Gasteiger partial charge is 0.368 e. The van der Waals surface area contributed by atoms with Gasteiger partial charge in [-0.1, -0.05) is 42.5 Å². The van der Waals surface area contributed by atoms with E-state index in [1.807, 2.05) is 24.3 Å². The van der Waals surface area contributed by atoms with Crippen LogP contribution < -0.4 is 10.2 Å². The molecule has 2 heterocycles. The molecule has 1 aromatic heterocycles. The van der Waals surface area contributed by atoms with Crippen molar-refractivity contribution in [1.29, 1.82) is 5.26 Å². The van der Waals surface area contributed by atoms with Crippen molar-refractivity contribution in [1.82, 2.24) is 10.0 Å². The average molecular weight is 470 g/mol. The molecule has 0 spiro atoms. The molecule has 2 N–H and O–H groups in total. The maximum Gasteiger partial charge on any atom is 0.214 e. The third-order valence-electron chi connectivity index (χ3n) is 5.60. The standard InChI is InChI=1S/C27H24FN5O2/c28-22-8-5-6-20(16-22)13-14-30-27-26(32(19-34)18-23-9-3-4-15-33(23)35)12-11-25(31-27)24-10-2-1-7-21(24)17-29/h1-12,16,19,35H,13-15,18H2,(H,30,31). The lowest BCUT2D eigenvalue weighted by Gasteiger charge is -2.27. The number of hydrogen-bond donors (Lipinski definition) is 2.